The van der Waals surface area contributed by atoms with Gasteiger partial charge in [-0.15, -0.1) is 0 Å². The fourth-order valence-corrected chi connectivity index (χ4v) is 3.57. The van der Waals surface area contributed by atoms with E-state index in [1.165, 1.54) is 6.07 Å². The number of hydroxylamine groups is 1. The smallest absolute Gasteiger partial charge is 0.255 e. The molecule has 144 valence electrons. The highest BCUT2D eigenvalue weighted by Gasteiger charge is 2.25. The number of aliphatic hydroxyl groups excluding tert-OH is 1. The zero-order chi connectivity index (χ0) is 19.6. The third kappa shape index (κ3) is 3.92. The number of hydrogen-bond donors (Lipinski definition) is 3. The van der Waals surface area contributed by atoms with Crippen LogP contribution >= 0.6 is 15.9 Å². The summed E-state index contributed by atoms with van der Waals surface area (Å²) in [6.45, 7) is 6.31. The minimum atomic E-state index is -0.439. The van der Waals surface area contributed by atoms with Gasteiger partial charge in [0.15, 0.2) is 0 Å². The average Bonchev–Trinajstić information content (AvgIpc) is 3.11. The van der Waals surface area contributed by atoms with Crippen LogP contribution in [0.15, 0.2) is 34.0 Å². The molecule has 0 aliphatic carbocycles. The largest absolute Gasteiger partial charge is 0.394 e. The number of pyridine rings is 1. The minimum absolute atomic E-state index is 0.0943. The number of rotatable bonds is 7. The normalized spacial score (nSPS) is 12.7. The van der Waals surface area contributed by atoms with Crippen LogP contribution in [0, 0.1) is 12.7 Å². The van der Waals surface area contributed by atoms with Gasteiger partial charge in [-0.3, -0.25) is 15.1 Å². The molecule has 8 heteroatoms. The van der Waals surface area contributed by atoms with Crippen LogP contribution in [0.4, 0.5) is 15.8 Å². The highest BCUT2D eigenvalue weighted by Crippen LogP contribution is 2.34. The molecule has 0 saturated carbocycles. The molecule has 0 saturated heterocycles. The molecule has 3 rings (SSSR count). The number of aromatic nitrogens is 1. The van der Waals surface area contributed by atoms with Crippen molar-refractivity contribution in [3.05, 3.63) is 62.2 Å². The van der Waals surface area contributed by atoms with E-state index < -0.39 is 5.82 Å². The summed E-state index contributed by atoms with van der Waals surface area (Å²) in [4.78, 5) is 17.9. The molecule has 1 aliphatic rings. The fourth-order valence-electron chi connectivity index (χ4n) is 3.24. The zero-order valence-electron chi connectivity index (χ0n) is 14.9. The summed E-state index contributed by atoms with van der Waals surface area (Å²) in [6.07, 6.45) is 1.56. The molecule has 0 radical (unpaired) electrons. The molecule has 0 spiro atoms. The Labute approximate surface area is 164 Å². The van der Waals surface area contributed by atoms with Crippen molar-refractivity contribution in [1.29, 1.82) is 0 Å². The van der Waals surface area contributed by atoms with Gasteiger partial charge in [-0.1, -0.05) is 22.5 Å². The standard InChI is InChI=1S/C19H21BrFN3O3/c1-11-18(22-15-6-5-13(20)10-14(15)21)17(12(2)23-27-9-8-25)16-4-3-7-24(16)19(11)26/h5-6,10,22-23,25H,2-4,7-9H2,1H3. The van der Waals surface area contributed by atoms with Crippen LogP contribution in [0.25, 0.3) is 5.70 Å². The molecule has 2 heterocycles. The van der Waals surface area contributed by atoms with E-state index in [-0.39, 0.29) is 24.5 Å². The van der Waals surface area contributed by atoms with Crippen molar-refractivity contribution in [2.75, 3.05) is 18.5 Å². The van der Waals surface area contributed by atoms with E-state index >= 15 is 0 Å². The number of nitrogens with one attached hydrogen (secondary N) is 2. The molecule has 6 nitrogen and oxygen atoms in total. The maximum atomic E-state index is 14.4. The summed E-state index contributed by atoms with van der Waals surface area (Å²) in [7, 11) is 0. The van der Waals surface area contributed by atoms with Crippen molar-refractivity contribution in [3.8, 4) is 0 Å². The highest BCUT2D eigenvalue weighted by atomic mass is 79.9. The molecular weight excluding hydrogens is 417 g/mol. The van der Waals surface area contributed by atoms with Gasteiger partial charge in [0, 0.05) is 27.8 Å². The lowest BCUT2D eigenvalue weighted by molar-refractivity contribution is 0.0481. The van der Waals surface area contributed by atoms with Crippen LogP contribution in [0.5, 0.6) is 0 Å². The second-order valence-electron chi connectivity index (χ2n) is 6.28. The zero-order valence-corrected chi connectivity index (χ0v) is 16.5. The van der Waals surface area contributed by atoms with Crippen LogP contribution in [0.1, 0.15) is 23.2 Å². The van der Waals surface area contributed by atoms with E-state index in [1.54, 1.807) is 23.6 Å². The number of hydrogen-bond acceptors (Lipinski definition) is 5. The predicted molar refractivity (Wildman–Crippen MR) is 106 cm³/mol. The Hall–Kier alpha value is -2.16. The van der Waals surface area contributed by atoms with Crippen molar-refractivity contribution in [1.82, 2.24) is 10.0 Å². The molecule has 0 bridgehead atoms. The van der Waals surface area contributed by atoms with Crippen LogP contribution in [-0.2, 0) is 17.8 Å². The summed E-state index contributed by atoms with van der Waals surface area (Å²) in [5.41, 5.74) is 5.80. The molecule has 1 aliphatic heterocycles. The van der Waals surface area contributed by atoms with Gasteiger partial charge in [0.2, 0.25) is 0 Å². The Morgan fingerprint density at radius 2 is 2.26 bits per heavy atom. The molecular formula is C19H21BrFN3O3. The van der Waals surface area contributed by atoms with Gasteiger partial charge >= 0.3 is 0 Å². The molecule has 0 atom stereocenters. The van der Waals surface area contributed by atoms with Gasteiger partial charge in [-0.2, -0.15) is 0 Å². The third-order valence-corrected chi connectivity index (χ3v) is 4.98. The van der Waals surface area contributed by atoms with E-state index in [9.17, 15) is 9.18 Å². The Balaban J connectivity index is 2.09. The minimum Gasteiger partial charge on any atom is -0.394 e. The van der Waals surface area contributed by atoms with Crippen LogP contribution in [0.2, 0.25) is 0 Å². The Bertz CT molecular complexity index is 943. The number of aliphatic hydroxyl groups is 1. The molecule has 3 N–H and O–H groups in total. The molecule has 0 unspecified atom stereocenters. The summed E-state index contributed by atoms with van der Waals surface area (Å²) in [5.74, 6) is -0.439. The Morgan fingerprint density at radius 3 is 2.96 bits per heavy atom. The van der Waals surface area contributed by atoms with E-state index in [0.29, 0.717) is 39.9 Å². The van der Waals surface area contributed by atoms with Gasteiger partial charge in [-0.25, -0.2) is 4.39 Å². The maximum Gasteiger partial charge on any atom is 0.255 e. The molecule has 1 aromatic heterocycles. The van der Waals surface area contributed by atoms with Gasteiger partial charge in [0.25, 0.3) is 5.56 Å². The van der Waals surface area contributed by atoms with Crippen molar-refractivity contribution in [3.63, 3.8) is 0 Å². The van der Waals surface area contributed by atoms with Crippen molar-refractivity contribution in [2.45, 2.75) is 26.3 Å². The number of anilines is 2. The SMILES string of the molecule is C=C(NOCCO)c1c(Nc2ccc(Br)cc2F)c(C)c(=O)n2c1CCC2. The van der Waals surface area contributed by atoms with E-state index in [0.717, 1.165) is 12.1 Å². The molecule has 0 amide bonds. The number of fused-ring (bicyclic) bond motifs is 1. The quantitative estimate of drug-likeness (QED) is 0.457. The lowest BCUT2D eigenvalue weighted by atomic mass is 10.0. The van der Waals surface area contributed by atoms with Gasteiger partial charge in [-0.05, 0) is 38.0 Å². The molecule has 1 aromatic carbocycles. The van der Waals surface area contributed by atoms with Gasteiger partial charge < -0.3 is 15.0 Å². The fraction of sp³-hybridized carbons (Fsp3) is 0.316. The maximum absolute atomic E-state index is 14.4. The average molecular weight is 438 g/mol. The second kappa shape index (κ2) is 8.24. The topological polar surface area (TPSA) is 75.5 Å². The van der Waals surface area contributed by atoms with Crippen molar-refractivity contribution in [2.24, 2.45) is 0 Å². The first-order valence-electron chi connectivity index (χ1n) is 8.60. The van der Waals surface area contributed by atoms with E-state index in [4.69, 9.17) is 9.94 Å². The van der Waals surface area contributed by atoms with Crippen molar-refractivity contribution >= 4 is 33.0 Å². The Morgan fingerprint density at radius 1 is 1.48 bits per heavy atom. The third-order valence-electron chi connectivity index (χ3n) is 4.48. The predicted octanol–water partition coefficient (Wildman–Crippen LogP) is 3.23. The first kappa shape index (κ1) is 19.6. The van der Waals surface area contributed by atoms with Crippen molar-refractivity contribution < 1.29 is 14.3 Å². The van der Waals surface area contributed by atoms with Crippen LogP contribution in [-0.4, -0.2) is 22.9 Å². The van der Waals surface area contributed by atoms with Crippen LogP contribution in [0.3, 0.4) is 0 Å². The number of nitrogens with zero attached hydrogens (tertiary/aromatic N) is 1. The molecule has 2 aromatic rings. The summed E-state index contributed by atoms with van der Waals surface area (Å²) < 4.78 is 16.7. The second-order valence-corrected chi connectivity index (χ2v) is 7.20. The first-order chi connectivity index (χ1) is 12.9. The highest BCUT2D eigenvalue weighted by molar-refractivity contribution is 9.10. The first-order valence-corrected chi connectivity index (χ1v) is 9.39. The Kier molecular flexibility index (Phi) is 5.98. The van der Waals surface area contributed by atoms with E-state index in [2.05, 4.69) is 33.3 Å². The van der Waals surface area contributed by atoms with Gasteiger partial charge in [0.1, 0.15) is 5.82 Å². The summed E-state index contributed by atoms with van der Waals surface area (Å²) >= 11 is 3.24. The van der Waals surface area contributed by atoms with Gasteiger partial charge in [0.05, 0.1) is 30.3 Å². The lowest BCUT2D eigenvalue weighted by Gasteiger charge is -2.21. The molecule has 0 fully saturated rings. The number of halogens is 2. The van der Waals surface area contributed by atoms with E-state index in [1.807, 2.05) is 0 Å². The number of benzene rings is 1. The summed E-state index contributed by atoms with van der Waals surface area (Å²) in [6, 6.07) is 4.68. The lowest BCUT2D eigenvalue weighted by Crippen LogP contribution is -2.27. The summed E-state index contributed by atoms with van der Waals surface area (Å²) in [5, 5.41) is 12.0. The molecule has 27 heavy (non-hydrogen) atoms. The monoisotopic (exact) mass is 437 g/mol. The van der Waals surface area contributed by atoms with Crippen LogP contribution < -0.4 is 16.4 Å².